The second-order valence-electron chi connectivity index (χ2n) is 10.0. The molecule has 0 aliphatic rings. The van der Waals surface area contributed by atoms with Crippen molar-refractivity contribution in [3.05, 3.63) is 53.2 Å². The van der Waals surface area contributed by atoms with E-state index in [-0.39, 0.29) is 18.6 Å². The summed E-state index contributed by atoms with van der Waals surface area (Å²) in [4.78, 5) is 30.9. The van der Waals surface area contributed by atoms with E-state index in [1.54, 1.807) is 0 Å². The summed E-state index contributed by atoms with van der Waals surface area (Å²) in [5.74, 6) is -1.14. The highest BCUT2D eigenvalue weighted by molar-refractivity contribution is 7.13. The van der Waals surface area contributed by atoms with Gasteiger partial charge < -0.3 is 14.4 Å². The number of rotatable bonds is 13. The van der Waals surface area contributed by atoms with Crippen LogP contribution in [-0.2, 0) is 16.0 Å². The Morgan fingerprint density at radius 1 is 1.19 bits per heavy atom. The molecule has 1 aromatic carbocycles. The number of ether oxygens (including phenoxy) is 1. The molecule has 0 aliphatic heterocycles. The molecule has 2 heterocycles. The first kappa shape index (κ1) is 28.5. The first-order valence-electron chi connectivity index (χ1n) is 12.4. The zero-order valence-electron chi connectivity index (χ0n) is 21.6. The van der Waals surface area contributed by atoms with Crippen LogP contribution in [0.3, 0.4) is 0 Å². The predicted octanol–water partition coefficient (Wildman–Crippen LogP) is 4.79. The third-order valence-electron chi connectivity index (χ3n) is 6.32. The van der Waals surface area contributed by atoms with E-state index in [1.807, 2.05) is 69.5 Å². The summed E-state index contributed by atoms with van der Waals surface area (Å²) in [7, 11) is 0. The number of amides is 1. The third-order valence-corrected chi connectivity index (χ3v) is 7.18. The summed E-state index contributed by atoms with van der Waals surface area (Å²) < 4.78 is 10.9. The Bertz CT molecular complexity index is 1140. The van der Waals surface area contributed by atoms with Crippen molar-refractivity contribution in [2.24, 2.45) is 11.3 Å². The van der Waals surface area contributed by atoms with Crippen LogP contribution >= 0.6 is 11.3 Å². The molecule has 3 rings (SSSR count). The lowest BCUT2D eigenvalue weighted by Crippen LogP contribution is -2.42. The number of thiophene rings is 1. The number of ketones is 1. The molecular weight excluding hydrogens is 494 g/mol. The highest BCUT2D eigenvalue weighted by Gasteiger charge is 2.38. The molecule has 0 spiro atoms. The number of nitrogens with one attached hydrogen (secondary N) is 1. The summed E-state index contributed by atoms with van der Waals surface area (Å²) in [6.07, 6.45) is -0.182. The molecule has 0 saturated heterocycles. The lowest BCUT2D eigenvalue weighted by molar-refractivity contribution is -0.145. The second kappa shape index (κ2) is 12.9. The fourth-order valence-corrected chi connectivity index (χ4v) is 4.85. The number of aromatic nitrogens is 2. The molecule has 0 radical (unpaired) electrons. The number of benzene rings is 1. The van der Waals surface area contributed by atoms with Crippen LogP contribution in [0.25, 0.3) is 10.8 Å². The maximum absolute atomic E-state index is 13.5. The van der Waals surface area contributed by atoms with Gasteiger partial charge in [0, 0.05) is 12.3 Å². The fourth-order valence-electron chi connectivity index (χ4n) is 4.20. The monoisotopic (exact) mass is 529 g/mol. The normalized spacial score (nSPS) is 14.1. The fraction of sp³-hybridized carbons (Fsp3) is 0.481. The second-order valence-corrected chi connectivity index (χ2v) is 11.0. The molecule has 3 N–H and O–H groups in total. The largest absolute Gasteiger partial charge is 0.494 e. The van der Waals surface area contributed by atoms with Gasteiger partial charge in [-0.3, -0.25) is 14.8 Å². The number of hydroxylamine groups is 1. The Morgan fingerprint density at radius 3 is 2.51 bits per heavy atom. The van der Waals surface area contributed by atoms with Crippen LogP contribution in [0.15, 0.2) is 46.3 Å². The van der Waals surface area contributed by atoms with Crippen molar-refractivity contribution in [1.29, 1.82) is 0 Å². The van der Waals surface area contributed by atoms with Gasteiger partial charge in [0.15, 0.2) is 5.82 Å². The molecule has 0 saturated carbocycles. The summed E-state index contributed by atoms with van der Waals surface area (Å²) in [5.41, 5.74) is 2.12. The van der Waals surface area contributed by atoms with E-state index in [9.17, 15) is 14.7 Å². The molecule has 0 fully saturated rings. The van der Waals surface area contributed by atoms with Gasteiger partial charge in [0.1, 0.15) is 17.6 Å². The minimum Gasteiger partial charge on any atom is -0.494 e. The molecular formula is C27H35N3O6S. The molecule has 10 heteroatoms. The SMILES string of the molecule is CCOc1ccc(CCC[C@@H](C(=O)C[C@H](c2noc(-c3cccs3)n2)C(C)(C)C)[C@H](O)C(=O)NO)cc1. The highest BCUT2D eigenvalue weighted by Crippen LogP contribution is 2.39. The Labute approximate surface area is 220 Å². The summed E-state index contributed by atoms with van der Waals surface area (Å²) in [5, 5.41) is 25.7. The predicted molar refractivity (Wildman–Crippen MR) is 139 cm³/mol. The van der Waals surface area contributed by atoms with Crippen LogP contribution in [0.4, 0.5) is 0 Å². The van der Waals surface area contributed by atoms with Crippen molar-refractivity contribution in [2.75, 3.05) is 6.61 Å². The van der Waals surface area contributed by atoms with Crippen molar-refractivity contribution in [2.45, 2.75) is 65.4 Å². The van der Waals surface area contributed by atoms with Gasteiger partial charge in [-0.1, -0.05) is 44.1 Å². The van der Waals surface area contributed by atoms with Gasteiger partial charge in [0.05, 0.1) is 17.4 Å². The first-order chi connectivity index (χ1) is 17.6. The number of hydrogen-bond donors (Lipinski definition) is 3. The van der Waals surface area contributed by atoms with E-state index in [4.69, 9.17) is 14.5 Å². The summed E-state index contributed by atoms with van der Waals surface area (Å²) in [6.45, 7) is 8.44. The van der Waals surface area contributed by atoms with Crippen molar-refractivity contribution in [3.8, 4) is 16.5 Å². The maximum Gasteiger partial charge on any atom is 0.272 e. The van der Waals surface area contributed by atoms with Crippen molar-refractivity contribution in [3.63, 3.8) is 0 Å². The lowest BCUT2D eigenvalue weighted by Gasteiger charge is -2.29. The maximum atomic E-state index is 13.5. The standard InChI is InChI=1S/C27H35N3O6S/c1-5-35-18-13-11-17(12-14-18)8-6-9-19(23(32)25(33)29-34)21(31)16-20(27(2,3)4)24-28-26(36-30-24)22-10-7-15-37-22/h7,10-15,19-20,23,32,34H,5-6,8-9,16H2,1-4H3,(H,29,33)/t19-,20+,23-/m0/s1. The number of hydrogen-bond acceptors (Lipinski definition) is 9. The van der Waals surface area contributed by atoms with Crippen LogP contribution in [0.1, 0.15) is 64.3 Å². The van der Waals surface area contributed by atoms with Gasteiger partial charge in [-0.05, 0) is 60.7 Å². The molecule has 3 atom stereocenters. The van der Waals surface area contributed by atoms with E-state index >= 15 is 0 Å². The zero-order chi connectivity index (χ0) is 27.0. The Kier molecular flexibility index (Phi) is 9.96. The zero-order valence-corrected chi connectivity index (χ0v) is 22.5. The third kappa shape index (κ3) is 7.70. The van der Waals surface area contributed by atoms with Crippen molar-refractivity contribution in [1.82, 2.24) is 15.6 Å². The van der Waals surface area contributed by atoms with Crippen molar-refractivity contribution >= 4 is 23.0 Å². The average molecular weight is 530 g/mol. The minimum absolute atomic E-state index is 0.0103. The molecule has 0 bridgehead atoms. The molecule has 200 valence electrons. The van der Waals surface area contributed by atoms with E-state index in [0.29, 0.717) is 31.2 Å². The molecule has 9 nitrogen and oxygen atoms in total. The smallest absolute Gasteiger partial charge is 0.272 e. The molecule has 0 unspecified atom stereocenters. The van der Waals surface area contributed by atoms with E-state index in [1.165, 1.54) is 16.8 Å². The number of carbonyl (C=O) groups is 2. The van der Waals surface area contributed by atoms with Crippen LogP contribution in [0.2, 0.25) is 0 Å². The Morgan fingerprint density at radius 2 is 1.92 bits per heavy atom. The van der Waals surface area contributed by atoms with Gasteiger partial charge in [0.25, 0.3) is 11.8 Å². The number of nitrogens with zero attached hydrogens (tertiary/aromatic N) is 2. The Balaban J connectivity index is 1.74. The van der Waals surface area contributed by atoms with Gasteiger partial charge in [-0.15, -0.1) is 11.3 Å². The van der Waals surface area contributed by atoms with Gasteiger partial charge >= 0.3 is 0 Å². The number of aliphatic hydroxyl groups excluding tert-OH is 1. The minimum atomic E-state index is -1.68. The number of carbonyl (C=O) groups excluding carboxylic acids is 2. The highest BCUT2D eigenvalue weighted by atomic mass is 32.1. The van der Waals surface area contributed by atoms with E-state index < -0.39 is 29.3 Å². The summed E-state index contributed by atoms with van der Waals surface area (Å²) >= 11 is 1.48. The van der Waals surface area contributed by atoms with E-state index in [0.717, 1.165) is 16.2 Å². The number of aliphatic hydroxyl groups is 1. The van der Waals surface area contributed by atoms with Crippen LogP contribution in [-0.4, -0.2) is 44.9 Å². The van der Waals surface area contributed by atoms with Crippen LogP contribution < -0.4 is 10.2 Å². The Hall–Kier alpha value is -3.08. The number of Topliss-reactive ketones (excluding diaryl/α,β-unsaturated/α-hetero) is 1. The topological polar surface area (TPSA) is 135 Å². The average Bonchev–Trinajstić information content (AvgIpc) is 3.57. The molecule has 37 heavy (non-hydrogen) atoms. The molecule has 1 amide bonds. The number of aryl methyl sites for hydroxylation is 1. The van der Waals surface area contributed by atoms with Crippen LogP contribution in [0.5, 0.6) is 5.75 Å². The first-order valence-corrected chi connectivity index (χ1v) is 13.3. The van der Waals surface area contributed by atoms with Gasteiger partial charge in [-0.2, -0.15) is 4.98 Å². The van der Waals surface area contributed by atoms with Gasteiger partial charge in [0.2, 0.25) is 0 Å². The molecule has 0 aliphatic carbocycles. The molecule has 2 aromatic heterocycles. The van der Waals surface area contributed by atoms with Gasteiger partial charge in [-0.25, -0.2) is 5.48 Å². The van der Waals surface area contributed by atoms with E-state index in [2.05, 4.69) is 10.1 Å². The van der Waals surface area contributed by atoms with Crippen LogP contribution in [0, 0.1) is 11.3 Å². The summed E-state index contributed by atoms with van der Waals surface area (Å²) in [6, 6.07) is 11.5. The van der Waals surface area contributed by atoms with Crippen molar-refractivity contribution < 1.29 is 29.2 Å². The molecule has 3 aromatic rings. The quantitative estimate of drug-likeness (QED) is 0.212. The lowest BCUT2D eigenvalue weighted by atomic mass is 9.75.